The van der Waals surface area contributed by atoms with Gasteiger partial charge in [-0.3, -0.25) is 10.1 Å². The van der Waals surface area contributed by atoms with Crippen molar-refractivity contribution < 1.29 is 14.7 Å². The van der Waals surface area contributed by atoms with Crippen molar-refractivity contribution >= 4 is 17.7 Å². The van der Waals surface area contributed by atoms with Crippen LogP contribution in [0.5, 0.6) is 0 Å². The van der Waals surface area contributed by atoms with Crippen LogP contribution in [0.15, 0.2) is 35.6 Å². The molecule has 0 aliphatic carbocycles. The normalized spacial score (nSPS) is 23.1. The van der Waals surface area contributed by atoms with Crippen LogP contribution in [0.2, 0.25) is 0 Å². The molecule has 0 aromatic heterocycles. The van der Waals surface area contributed by atoms with Crippen molar-refractivity contribution in [2.24, 2.45) is 11.0 Å². The molecule has 150 valence electrons. The SMILES string of the molecule is CC1(C)CC(CN2CCN(C=Cc3cccc([N+](=O)[O-])c3)C2=N[N+](=O)[O-])CO1. The van der Waals surface area contributed by atoms with E-state index in [2.05, 4.69) is 5.10 Å². The van der Waals surface area contributed by atoms with Crippen molar-refractivity contribution in [1.29, 1.82) is 0 Å². The largest absolute Gasteiger partial charge is 0.375 e. The molecule has 28 heavy (non-hydrogen) atoms. The molecular weight excluding hydrogens is 366 g/mol. The molecule has 2 aliphatic rings. The van der Waals surface area contributed by atoms with Crippen LogP contribution < -0.4 is 0 Å². The van der Waals surface area contributed by atoms with E-state index in [-0.39, 0.29) is 23.2 Å². The summed E-state index contributed by atoms with van der Waals surface area (Å²) in [5, 5.41) is 24.8. The lowest BCUT2D eigenvalue weighted by Crippen LogP contribution is -2.35. The molecule has 10 nitrogen and oxygen atoms in total. The number of non-ortho nitro benzene ring substituents is 1. The number of rotatable bonds is 6. The molecule has 0 radical (unpaired) electrons. The van der Waals surface area contributed by atoms with Crippen LogP contribution in [0.3, 0.4) is 0 Å². The minimum Gasteiger partial charge on any atom is -0.375 e. The van der Waals surface area contributed by atoms with Gasteiger partial charge in [0.25, 0.3) is 11.6 Å². The third kappa shape index (κ3) is 4.83. The minimum atomic E-state index is -0.697. The van der Waals surface area contributed by atoms with Crippen LogP contribution in [-0.4, -0.2) is 57.6 Å². The molecule has 0 bridgehead atoms. The van der Waals surface area contributed by atoms with Gasteiger partial charge in [0.2, 0.25) is 0 Å². The molecule has 10 heteroatoms. The van der Waals surface area contributed by atoms with Crippen LogP contribution in [0.25, 0.3) is 6.08 Å². The lowest BCUT2D eigenvalue weighted by Gasteiger charge is -2.22. The fraction of sp³-hybridized carbons (Fsp3) is 0.500. The first-order valence-corrected chi connectivity index (χ1v) is 9.05. The minimum absolute atomic E-state index is 0.00627. The highest BCUT2D eigenvalue weighted by atomic mass is 16.7. The fourth-order valence-corrected chi connectivity index (χ4v) is 3.62. The molecule has 1 aromatic carbocycles. The summed E-state index contributed by atoms with van der Waals surface area (Å²) in [5.74, 6) is 0.559. The van der Waals surface area contributed by atoms with Crippen LogP contribution in [0, 0.1) is 26.1 Å². The van der Waals surface area contributed by atoms with Crippen LogP contribution >= 0.6 is 0 Å². The van der Waals surface area contributed by atoms with Crippen molar-refractivity contribution in [1.82, 2.24) is 9.80 Å². The Morgan fingerprint density at radius 1 is 1.32 bits per heavy atom. The molecule has 2 fully saturated rings. The smallest absolute Gasteiger partial charge is 0.278 e. The molecule has 2 heterocycles. The topological polar surface area (TPSA) is 114 Å². The zero-order valence-corrected chi connectivity index (χ0v) is 15.9. The van der Waals surface area contributed by atoms with Gasteiger partial charge in [-0.2, -0.15) is 0 Å². The predicted octanol–water partition coefficient (Wildman–Crippen LogP) is 2.55. The summed E-state index contributed by atoms with van der Waals surface area (Å²) >= 11 is 0. The van der Waals surface area contributed by atoms with Crippen LogP contribution in [-0.2, 0) is 4.74 Å². The van der Waals surface area contributed by atoms with Crippen molar-refractivity contribution in [3.63, 3.8) is 0 Å². The van der Waals surface area contributed by atoms with Gasteiger partial charge in [0, 0.05) is 43.9 Å². The van der Waals surface area contributed by atoms with Gasteiger partial charge in [-0.1, -0.05) is 12.1 Å². The quantitative estimate of drug-likeness (QED) is 0.542. The van der Waals surface area contributed by atoms with Gasteiger partial charge in [0.15, 0.2) is 5.03 Å². The Bertz CT molecular complexity index is 822. The van der Waals surface area contributed by atoms with Gasteiger partial charge in [-0.05, 0) is 31.9 Å². The second-order valence-electron chi connectivity index (χ2n) is 7.59. The van der Waals surface area contributed by atoms with Crippen LogP contribution in [0.4, 0.5) is 5.69 Å². The van der Waals surface area contributed by atoms with E-state index in [1.54, 1.807) is 29.3 Å². The molecule has 1 atom stereocenters. The van der Waals surface area contributed by atoms with Crippen molar-refractivity contribution in [3.8, 4) is 0 Å². The summed E-state index contributed by atoms with van der Waals surface area (Å²) in [6.07, 6.45) is 4.25. The Labute approximate surface area is 162 Å². The molecule has 0 amide bonds. The Morgan fingerprint density at radius 3 is 2.75 bits per heavy atom. The van der Waals surface area contributed by atoms with Gasteiger partial charge in [0.1, 0.15) is 5.10 Å². The third-order valence-electron chi connectivity index (χ3n) is 4.82. The summed E-state index contributed by atoms with van der Waals surface area (Å²) in [6.45, 7) is 6.50. The number of ether oxygens (including phenoxy) is 1. The maximum atomic E-state index is 11.0. The number of nitro benzene ring substituents is 1. The van der Waals surface area contributed by atoms with Crippen LogP contribution in [0.1, 0.15) is 25.8 Å². The van der Waals surface area contributed by atoms with E-state index in [1.165, 1.54) is 12.1 Å². The van der Waals surface area contributed by atoms with Gasteiger partial charge in [0.05, 0.1) is 17.1 Å². The van der Waals surface area contributed by atoms with E-state index in [0.717, 1.165) is 6.42 Å². The summed E-state index contributed by atoms with van der Waals surface area (Å²) in [4.78, 5) is 25.1. The number of hydrazone groups is 1. The summed E-state index contributed by atoms with van der Waals surface area (Å²) in [7, 11) is 0. The molecule has 0 saturated carbocycles. The molecular formula is C18H23N5O5. The lowest BCUT2D eigenvalue weighted by molar-refractivity contribution is -0.486. The Hall–Kier alpha value is -3.01. The molecule has 1 aromatic rings. The highest BCUT2D eigenvalue weighted by Crippen LogP contribution is 2.30. The first-order chi connectivity index (χ1) is 13.2. The Balaban J connectivity index is 1.73. The highest BCUT2D eigenvalue weighted by Gasteiger charge is 2.36. The second kappa shape index (κ2) is 7.93. The average molecular weight is 389 g/mol. The monoisotopic (exact) mass is 389 g/mol. The zero-order valence-electron chi connectivity index (χ0n) is 15.9. The standard InChI is InChI=1S/C18H23N5O5/c1-18(2)11-15(13-28-18)12-21-9-8-20(17(21)19-23(26)27)7-6-14-4-3-5-16(10-14)22(24)25/h3-7,10,15H,8-9,11-13H2,1-2H3. The summed E-state index contributed by atoms with van der Waals surface area (Å²) in [5.41, 5.74) is 0.458. The zero-order chi connectivity index (χ0) is 20.3. The third-order valence-corrected chi connectivity index (χ3v) is 4.82. The first-order valence-electron chi connectivity index (χ1n) is 9.05. The molecule has 0 N–H and O–H groups in total. The highest BCUT2D eigenvalue weighted by molar-refractivity contribution is 5.83. The van der Waals surface area contributed by atoms with E-state index in [9.17, 15) is 20.2 Å². The Kier molecular flexibility index (Phi) is 5.59. The second-order valence-corrected chi connectivity index (χ2v) is 7.59. The van der Waals surface area contributed by atoms with E-state index >= 15 is 0 Å². The number of nitrogens with zero attached hydrogens (tertiary/aromatic N) is 5. The lowest BCUT2D eigenvalue weighted by atomic mass is 9.97. The van der Waals surface area contributed by atoms with E-state index in [0.29, 0.717) is 31.8 Å². The van der Waals surface area contributed by atoms with Gasteiger partial charge < -0.3 is 14.5 Å². The summed E-state index contributed by atoms with van der Waals surface area (Å²) in [6, 6.07) is 6.20. The number of hydrogen-bond donors (Lipinski definition) is 0. The number of benzene rings is 1. The maximum Gasteiger partial charge on any atom is 0.278 e. The van der Waals surface area contributed by atoms with E-state index in [1.807, 2.05) is 18.7 Å². The predicted molar refractivity (Wildman–Crippen MR) is 103 cm³/mol. The maximum absolute atomic E-state index is 11.0. The van der Waals surface area contributed by atoms with Crippen molar-refractivity contribution in [2.75, 3.05) is 26.2 Å². The Morgan fingerprint density at radius 2 is 2.11 bits per heavy atom. The van der Waals surface area contributed by atoms with Gasteiger partial charge >= 0.3 is 0 Å². The molecule has 0 spiro atoms. The number of hydrogen-bond acceptors (Lipinski definition) is 5. The molecule has 2 aliphatic heterocycles. The number of guanidine groups is 1. The average Bonchev–Trinajstić information content (AvgIpc) is 3.16. The fourth-order valence-electron chi connectivity index (χ4n) is 3.62. The van der Waals surface area contributed by atoms with Gasteiger partial charge in [-0.15, -0.1) is 0 Å². The molecule has 3 rings (SSSR count). The van der Waals surface area contributed by atoms with Crippen molar-refractivity contribution in [2.45, 2.75) is 25.9 Å². The van der Waals surface area contributed by atoms with E-state index in [4.69, 9.17) is 4.74 Å². The summed E-state index contributed by atoms with van der Waals surface area (Å²) < 4.78 is 5.76. The van der Waals surface area contributed by atoms with Crippen molar-refractivity contribution in [3.05, 3.63) is 56.3 Å². The van der Waals surface area contributed by atoms with Gasteiger partial charge in [-0.25, -0.2) is 10.1 Å². The molecule has 2 saturated heterocycles. The molecule has 1 unspecified atom stereocenters. The van der Waals surface area contributed by atoms with E-state index < -0.39 is 9.96 Å². The first kappa shape index (κ1) is 19.7. The number of nitro groups is 2.